The van der Waals surface area contributed by atoms with E-state index < -0.39 is 30.2 Å². The van der Waals surface area contributed by atoms with Crippen molar-refractivity contribution in [3.8, 4) is 11.4 Å². The molecule has 0 bridgehead atoms. The molecule has 3 aromatic carbocycles. The number of amides is 2. The van der Waals surface area contributed by atoms with Crippen molar-refractivity contribution in [2.24, 2.45) is 0 Å². The Bertz CT molecular complexity index is 1430. The van der Waals surface area contributed by atoms with Crippen LogP contribution in [-0.2, 0) is 11.0 Å². The normalized spacial score (nSPS) is 11.1. The van der Waals surface area contributed by atoms with Crippen LogP contribution in [0.5, 0.6) is 5.75 Å². The fraction of sp³-hybridized carbons (Fsp3) is 0.125. The molecule has 2 N–H and O–H groups in total. The molecular weight excluding hydrogens is 509 g/mol. The van der Waals surface area contributed by atoms with Gasteiger partial charge in [-0.3, -0.25) is 9.59 Å². The minimum atomic E-state index is -4.54. The molecule has 0 radical (unpaired) electrons. The lowest BCUT2D eigenvalue weighted by Gasteiger charge is -2.13. The zero-order chi connectivity index (χ0) is 26.4. The highest BCUT2D eigenvalue weighted by Crippen LogP contribution is 2.30. The Labute approximate surface area is 213 Å². The first-order valence-corrected chi connectivity index (χ1v) is 11.9. The molecule has 0 spiro atoms. The maximum Gasteiger partial charge on any atom is 0.416 e. The van der Waals surface area contributed by atoms with Crippen LogP contribution in [0.1, 0.15) is 15.9 Å². The lowest BCUT2D eigenvalue weighted by atomic mass is 10.1. The molecule has 1 aromatic heterocycles. The van der Waals surface area contributed by atoms with Gasteiger partial charge in [-0.2, -0.15) is 17.9 Å². The summed E-state index contributed by atoms with van der Waals surface area (Å²) in [4.78, 5) is 25.3. The minimum Gasteiger partial charge on any atom is -0.483 e. The lowest BCUT2D eigenvalue weighted by molar-refractivity contribution is -0.137. The molecule has 0 aliphatic carbocycles. The topological polar surface area (TPSA) is 111 Å². The molecule has 190 valence electrons. The molecule has 0 aliphatic rings. The number of nitrogens with zero attached hydrogens (tertiary/aromatic N) is 4. The first kappa shape index (κ1) is 25.7. The van der Waals surface area contributed by atoms with E-state index in [1.165, 1.54) is 40.7 Å². The SMILES string of the molecule is CSc1nnnn1-c1cccc(NC(=O)c2ccccc2OCC(=O)Nc2cccc(C(F)(F)F)c2)c1. The van der Waals surface area contributed by atoms with Gasteiger partial charge in [0.1, 0.15) is 5.75 Å². The lowest BCUT2D eigenvalue weighted by Crippen LogP contribution is -2.22. The molecule has 0 aliphatic heterocycles. The molecule has 2 amide bonds. The van der Waals surface area contributed by atoms with Gasteiger partial charge in [0.05, 0.1) is 16.8 Å². The molecule has 0 fully saturated rings. The standard InChI is InChI=1S/C24H19F3N6O3S/c1-37-23-30-31-32-33(23)18-9-5-8-17(13-18)29-22(35)19-10-2-3-11-20(19)36-14-21(34)28-16-7-4-6-15(12-16)24(25,26)27/h2-13H,14H2,1H3,(H,28,34)(H,29,35). The number of para-hydroxylation sites is 1. The molecule has 0 atom stereocenters. The zero-order valence-electron chi connectivity index (χ0n) is 19.2. The maximum absolute atomic E-state index is 13.0. The van der Waals surface area contributed by atoms with Gasteiger partial charge in [-0.25, -0.2) is 0 Å². The third-order valence-corrected chi connectivity index (χ3v) is 5.56. The number of anilines is 2. The summed E-state index contributed by atoms with van der Waals surface area (Å²) in [5, 5.41) is 17.2. The third kappa shape index (κ3) is 6.44. The Morgan fingerprint density at radius 1 is 0.973 bits per heavy atom. The van der Waals surface area contributed by atoms with E-state index >= 15 is 0 Å². The summed E-state index contributed by atoms with van der Waals surface area (Å²) >= 11 is 1.37. The molecule has 0 saturated heterocycles. The fourth-order valence-electron chi connectivity index (χ4n) is 3.28. The smallest absolute Gasteiger partial charge is 0.416 e. The number of rotatable bonds is 8. The number of ether oxygens (including phenoxy) is 1. The molecule has 4 rings (SSSR count). The average molecular weight is 529 g/mol. The number of aromatic nitrogens is 4. The van der Waals surface area contributed by atoms with E-state index in [0.717, 1.165) is 12.1 Å². The monoisotopic (exact) mass is 528 g/mol. The Morgan fingerprint density at radius 2 is 1.70 bits per heavy atom. The van der Waals surface area contributed by atoms with Gasteiger partial charge in [-0.05, 0) is 65.2 Å². The van der Waals surface area contributed by atoms with Crippen LogP contribution in [0.2, 0.25) is 0 Å². The van der Waals surface area contributed by atoms with Gasteiger partial charge in [-0.15, -0.1) is 5.10 Å². The third-order valence-electron chi connectivity index (χ3n) is 4.94. The molecule has 37 heavy (non-hydrogen) atoms. The molecule has 4 aromatic rings. The summed E-state index contributed by atoms with van der Waals surface area (Å²) in [6.07, 6.45) is -2.70. The number of thioether (sulfide) groups is 1. The van der Waals surface area contributed by atoms with Crippen LogP contribution in [-0.4, -0.2) is 44.9 Å². The number of hydrogen-bond acceptors (Lipinski definition) is 7. The summed E-state index contributed by atoms with van der Waals surface area (Å²) in [5.41, 5.74) is 0.362. The van der Waals surface area contributed by atoms with Gasteiger partial charge >= 0.3 is 6.18 Å². The fourth-order valence-corrected chi connectivity index (χ4v) is 3.71. The summed E-state index contributed by atoms with van der Waals surface area (Å²) in [6, 6.07) is 17.4. The number of carbonyl (C=O) groups excluding carboxylic acids is 2. The van der Waals surface area contributed by atoms with Gasteiger partial charge in [0, 0.05) is 11.4 Å². The molecule has 0 unspecified atom stereocenters. The first-order chi connectivity index (χ1) is 17.7. The van der Waals surface area contributed by atoms with Gasteiger partial charge in [0.15, 0.2) is 6.61 Å². The second-order valence-corrected chi connectivity index (χ2v) is 8.27. The Kier molecular flexibility index (Phi) is 7.72. The maximum atomic E-state index is 13.0. The molecule has 0 saturated carbocycles. The van der Waals surface area contributed by atoms with Gasteiger partial charge in [-0.1, -0.05) is 36.0 Å². The van der Waals surface area contributed by atoms with Gasteiger partial charge < -0.3 is 15.4 Å². The highest BCUT2D eigenvalue weighted by atomic mass is 32.2. The highest BCUT2D eigenvalue weighted by Gasteiger charge is 2.30. The summed E-state index contributed by atoms with van der Waals surface area (Å²) in [7, 11) is 0. The van der Waals surface area contributed by atoms with Crippen LogP contribution in [0.3, 0.4) is 0 Å². The number of halogens is 3. The number of hydrogen-bond donors (Lipinski definition) is 2. The minimum absolute atomic E-state index is 0.0263. The van der Waals surface area contributed by atoms with E-state index in [-0.39, 0.29) is 17.0 Å². The summed E-state index contributed by atoms with van der Waals surface area (Å²) in [6.45, 7) is -0.521. The quantitative estimate of drug-likeness (QED) is 0.320. The van der Waals surface area contributed by atoms with Gasteiger partial charge in [0.25, 0.3) is 11.8 Å². The van der Waals surface area contributed by atoms with Crippen molar-refractivity contribution in [1.29, 1.82) is 0 Å². The zero-order valence-corrected chi connectivity index (χ0v) is 20.0. The summed E-state index contributed by atoms with van der Waals surface area (Å²) in [5.74, 6) is -1.05. The predicted octanol–water partition coefficient (Wildman–Crippen LogP) is 4.67. The van der Waals surface area contributed by atoms with E-state index in [9.17, 15) is 22.8 Å². The van der Waals surface area contributed by atoms with E-state index in [1.54, 1.807) is 36.4 Å². The number of alkyl halides is 3. The second-order valence-electron chi connectivity index (χ2n) is 7.49. The number of carbonyl (C=O) groups is 2. The first-order valence-electron chi connectivity index (χ1n) is 10.7. The molecule has 1 heterocycles. The van der Waals surface area contributed by atoms with Crippen LogP contribution in [0.15, 0.2) is 78.0 Å². The second kappa shape index (κ2) is 11.1. The van der Waals surface area contributed by atoms with Crippen LogP contribution in [0, 0.1) is 0 Å². The van der Waals surface area contributed by atoms with Crippen molar-refractivity contribution in [3.05, 3.63) is 83.9 Å². The Hall–Kier alpha value is -4.39. The van der Waals surface area contributed by atoms with Gasteiger partial charge in [0.2, 0.25) is 5.16 Å². The Balaban J connectivity index is 1.42. The van der Waals surface area contributed by atoms with Crippen LogP contribution < -0.4 is 15.4 Å². The van der Waals surface area contributed by atoms with Crippen molar-refractivity contribution >= 4 is 35.0 Å². The molecule has 13 heteroatoms. The van der Waals surface area contributed by atoms with Crippen molar-refractivity contribution in [3.63, 3.8) is 0 Å². The van der Waals surface area contributed by atoms with E-state index in [0.29, 0.717) is 16.5 Å². The molecule has 9 nitrogen and oxygen atoms in total. The number of tetrazole rings is 1. The van der Waals surface area contributed by atoms with Crippen molar-refractivity contribution in [1.82, 2.24) is 20.2 Å². The van der Waals surface area contributed by atoms with Crippen LogP contribution in [0.4, 0.5) is 24.5 Å². The van der Waals surface area contributed by atoms with Crippen molar-refractivity contribution in [2.45, 2.75) is 11.3 Å². The van der Waals surface area contributed by atoms with E-state index in [4.69, 9.17) is 4.74 Å². The van der Waals surface area contributed by atoms with E-state index in [1.807, 2.05) is 6.26 Å². The van der Waals surface area contributed by atoms with Crippen LogP contribution in [0.25, 0.3) is 5.69 Å². The van der Waals surface area contributed by atoms with E-state index in [2.05, 4.69) is 26.2 Å². The summed E-state index contributed by atoms with van der Waals surface area (Å²) < 4.78 is 45.7. The van der Waals surface area contributed by atoms with Crippen molar-refractivity contribution in [2.75, 3.05) is 23.5 Å². The average Bonchev–Trinajstić information content (AvgIpc) is 3.37. The van der Waals surface area contributed by atoms with Crippen LogP contribution >= 0.6 is 11.8 Å². The Morgan fingerprint density at radius 3 is 2.46 bits per heavy atom. The molecular formula is C24H19F3N6O3S. The van der Waals surface area contributed by atoms with Crippen molar-refractivity contribution < 1.29 is 27.5 Å². The number of nitrogens with one attached hydrogen (secondary N) is 2. The number of benzene rings is 3. The highest BCUT2D eigenvalue weighted by molar-refractivity contribution is 7.98. The predicted molar refractivity (Wildman–Crippen MR) is 131 cm³/mol. The largest absolute Gasteiger partial charge is 0.483 e.